The van der Waals surface area contributed by atoms with Gasteiger partial charge in [-0.2, -0.15) is 0 Å². The Bertz CT molecular complexity index is 1100. The van der Waals surface area contributed by atoms with Crippen LogP contribution in [0.3, 0.4) is 0 Å². The second kappa shape index (κ2) is 8.73. The predicted molar refractivity (Wildman–Crippen MR) is 121 cm³/mol. The van der Waals surface area contributed by atoms with E-state index in [0.717, 1.165) is 29.2 Å². The lowest BCUT2D eigenvalue weighted by atomic mass is 9.96. The fourth-order valence-electron chi connectivity index (χ4n) is 4.14. The van der Waals surface area contributed by atoms with Gasteiger partial charge in [-0.05, 0) is 59.9 Å². The average Bonchev–Trinajstić information content (AvgIpc) is 3.21. The third kappa shape index (κ3) is 4.51. The third-order valence-corrected chi connectivity index (χ3v) is 5.97. The Balaban J connectivity index is 1.30. The van der Waals surface area contributed by atoms with E-state index in [0.29, 0.717) is 12.4 Å². The first-order valence-electron chi connectivity index (χ1n) is 10.5. The number of carbonyl (C=O) groups excluding carboxylic acids is 2. The maximum absolute atomic E-state index is 12.6. The normalized spacial score (nSPS) is 15.3. The summed E-state index contributed by atoms with van der Waals surface area (Å²) < 4.78 is 0. The molecule has 0 spiro atoms. The molecule has 0 bridgehead atoms. The molecule has 1 aromatic heterocycles. The van der Waals surface area contributed by atoms with Crippen LogP contribution in [0.1, 0.15) is 23.6 Å². The predicted octanol–water partition coefficient (Wildman–Crippen LogP) is 1.68. The van der Waals surface area contributed by atoms with Crippen LogP contribution < -0.4 is 22.1 Å². The van der Waals surface area contributed by atoms with Gasteiger partial charge in [0.15, 0.2) is 0 Å². The molecule has 7 heteroatoms. The molecule has 31 heavy (non-hydrogen) atoms. The van der Waals surface area contributed by atoms with Gasteiger partial charge in [-0.3, -0.25) is 9.59 Å². The van der Waals surface area contributed by atoms with Crippen LogP contribution in [-0.2, 0) is 29.0 Å². The minimum absolute atomic E-state index is 0.0483. The van der Waals surface area contributed by atoms with E-state index in [4.69, 9.17) is 11.5 Å². The van der Waals surface area contributed by atoms with Crippen molar-refractivity contribution < 1.29 is 9.59 Å². The average molecular weight is 418 g/mol. The molecule has 0 fully saturated rings. The Labute approximate surface area is 181 Å². The molecular weight excluding hydrogens is 390 g/mol. The number of hydrogen-bond donors (Lipinski definition) is 4. The van der Waals surface area contributed by atoms with Crippen molar-refractivity contribution in [2.24, 2.45) is 11.7 Å². The number of fused-ring (bicyclic) bond motifs is 2. The summed E-state index contributed by atoms with van der Waals surface area (Å²) in [6.07, 6.45) is 3.23. The minimum atomic E-state index is -0.678. The number of nitrogens with one attached hydrogen (secondary N) is 2. The Morgan fingerprint density at radius 3 is 2.52 bits per heavy atom. The van der Waals surface area contributed by atoms with Crippen LogP contribution in [-0.4, -0.2) is 28.9 Å². The van der Waals surface area contributed by atoms with E-state index >= 15 is 0 Å². The lowest BCUT2D eigenvalue weighted by Crippen LogP contribution is -2.52. The van der Waals surface area contributed by atoms with Crippen molar-refractivity contribution in [1.82, 2.24) is 15.6 Å². The molecule has 2 aromatic carbocycles. The zero-order valence-electron chi connectivity index (χ0n) is 17.5. The van der Waals surface area contributed by atoms with E-state index in [1.165, 1.54) is 11.1 Å². The Hall–Kier alpha value is -3.45. The summed E-state index contributed by atoms with van der Waals surface area (Å²) in [5.74, 6) is -0.0305. The lowest BCUT2D eigenvalue weighted by Gasteiger charge is -2.21. The van der Waals surface area contributed by atoms with Crippen molar-refractivity contribution >= 4 is 28.4 Å². The number of benzene rings is 2. The molecule has 4 rings (SSSR count). The van der Waals surface area contributed by atoms with E-state index in [1.54, 1.807) is 13.1 Å². The molecule has 2 amide bonds. The molecule has 0 aliphatic heterocycles. The molecule has 1 aliphatic rings. The van der Waals surface area contributed by atoms with Crippen LogP contribution in [0.2, 0.25) is 0 Å². The van der Waals surface area contributed by atoms with Crippen molar-refractivity contribution in [3.63, 3.8) is 0 Å². The smallest absolute Gasteiger partial charge is 0.242 e. The largest absolute Gasteiger partial charge is 0.383 e. The number of aromatic nitrogens is 1. The molecule has 0 saturated carbocycles. The van der Waals surface area contributed by atoms with Crippen LogP contribution >= 0.6 is 0 Å². The topological polar surface area (TPSA) is 123 Å². The molecule has 1 heterocycles. The zero-order chi connectivity index (χ0) is 22.0. The van der Waals surface area contributed by atoms with Crippen LogP contribution in [0.4, 0.5) is 5.82 Å². The summed E-state index contributed by atoms with van der Waals surface area (Å²) in [6, 6.07) is 14.5. The molecular formula is C24H27N5O2. The van der Waals surface area contributed by atoms with Crippen molar-refractivity contribution in [3.8, 4) is 0 Å². The summed E-state index contributed by atoms with van der Waals surface area (Å²) >= 11 is 0. The van der Waals surface area contributed by atoms with E-state index in [-0.39, 0.29) is 17.7 Å². The number of anilines is 1. The number of nitrogens with zero attached hydrogens (tertiary/aromatic N) is 1. The van der Waals surface area contributed by atoms with Gasteiger partial charge in [0.2, 0.25) is 11.8 Å². The van der Waals surface area contributed by atoms with Gasteiger partial charge in [-0.15, -0.1) is 0 Å². The minimum Gasteiger partial charge on any atom is -0.383 e. The Morgan fingerprint density at radius 1 is 1.10 bits per heavy atom. The Morgan fingerprint density at radius 2 is 1.81 bits per heavy atom. The van der Waals surface area contributed by atoms with Gasteiger partial charge in [0.05, 0.1) is 6.04 Å². The summed E-state index contributed by atoms with van der Waals surface area (Å²) in [7, 11) is 0. The fourth-order valence-corrected chi connectivity index (χ4v) is 4.14. The van der Waals surface area contributed by atoms with Crippen LogP contribution in [0.15, 0.2) is 54.7 Å². The lowest BCUT2D eigenvalue weighted by molar-refractivity contribution is -0.129. The molecule has 0 radical (unpaired) electrons. The summed E-state index contributed by atoms with van der Waals surface area (Å²) in [4.78, 5) is 29.2. The van der Waals surface area contributed by atoms with E-state index in [2.05, 4.69) is 27.8 Å². The molecule has 3 aromatic rings. The van der Waals surface area contributed by atoms with Crippen molar-refractivity contribution in [2.45, 2.75) is 38.4 Å². The summed E-state index contributed by atoms with van der Waals surface area (Å²) in [5, 5.41) is 7.46. The first kappa shape index (κ1) is 20.8. The first-order valence-corrected chi connectivity index (χ1v) is 10.5. The second-order valence-corrected chi connectivity index (χ2v) is 8.16. The monoisotopic (exact) mass is 417 g/mol. The highest BCUT2D eigenvalue weighted by atomic mass is 16.2. The number of nitrogen functional groups attached to an aromatic ring is 1. The van der Waals surface area contributed by atoms with Gasteiger partial charge in [-0.1, -0.05) is 36.4 Å². The van der Waals surface area contributed by atoms with E-state index < -0.39 is 12.1 Å². The number of hydrogen-bond acceptors (Lipinski definition) is 5. The van der Waals surface area contributed by atoms with Gasteiger partial charge in [0.25, 0.3) is 0 Å². The standard InChI is InChI=1S/C24H27N5O2/c1-14(29-24(31)21(25)19-11-16-4-2-3-5-17(16)12-19)23(30)28-13-15-6-7-20-18(10-15)8-9-27-22(20)26/h2-10,14,19,21H,11-13,25H2,1H3,(H2,26,27)(H,28,30)(H,29,31). The quantitative estimate of drug-likeness (QED) is 0.486. The Kier molecular flexibility index (Phi) is 5.86. The van der Waals surface area contributed by atoms with E-state index in [1.807, 2.05) is 36.4 Å². The maximum Gasteiger partial charge on any atom is 0.242 e. The highest BCUT2D eigenvalue weighted by molar-refractivity contribution is 5.91. The van der Waals surface area contributed by atoms with Crippen LogP contribution in [0.5, 0.6) is 0 Å². The number of pyridine rings is 1. The van der Waals surface area contributed by atoms with Crippen LogP contribution in [0, 0.1) is 5.92 Å². The summed E-state index contributed by atoms with van der Waals surface area (Å²) in [6.45, 7) is 2.01. The van der Waals surface area contributed by atoms with Gasteiger partial charge in [-0.25, -0.2) is 4.98 Å². The first-order chi connectivity index (χ1) is 14.9. The molecule has 0 saturated heterocycles. The zero-order valence-corrected chi connectivity index (χ0v) is 17.5. The van der Waals surface area contributed by atoms with Gasteiger partial charge in [0, 0.05) is 18.1 Å². The fraction of sp³-hybridized carbons (Fsp3) is 0.292. The molecule has 7 nitrogen and oxygen atoms in total. The van der Waals surface area contributed by atoms with E-state index in [9.17, 15) is 9.59 Å². The van der Waals surface area contributed by atoms with Crippen molar-refractivity contribution in [3.05, 3.63) is 71.4 Å². The van der Waals surface area contributed by atoms with Crippen LogP contribution in [0.25, 0.3) is 10.8 Å². The van der Waals surface area contributed by atoms with Gasteiger partial charge >= 0.3 is 0 Å². The number of rotatable bonds is 6. The molecule has 1 aliphatic carbocycles. The molecule has 2 atom stereocenters. The summed E-state index contributed by atoms with van der Waals surface area (Å²) in [5.41, 5.74) is 15.5. The number of nitrogens with two attached hydrogens (primary N) is 2. The highest BCUT2D eigenvalue weighted by Gasteiger charge is 2.31. The van der Waals surface area contributed by atoms with Crippen molar-refractivity contribution in [2.75, 3.05) is 5.73 Å². The van der Waals surface area contributed by atoms with Gasteiger partial charge in [0.1, 0.15) is 11.9 Å². The third-order valence-electron chi connectivity index (χ3n) is 5.97. The molecule has 6 N–H and O–H groups in total. The maximum atomic E-state index is 12.6. The molecule has 2 unspecified atom stereocenters. The van der Waals surface area contributed by atoms with Crippen molar-refractivity contribution in [1.29, 1.82) is 0 Å². The van der Waals surface area contributed by atoms with Gasteiger partial charge < -0.3 is 22.1 Å². The second-order valence-electron chi connectivity index (χ2n) is 8.16. The highest BCUT2D eigenvalue weighted by Crippen LogP contribution is 2.28. The molecule has 160 valence electrons. The SMILES string of the molecule is CC(NC(=O)C(N)C1Cc2ccccc2C1)C(=O)NCc1ccc2c(N)nccc2c1. The number of carbonyl (C=O) groups is 2. The number of amides is 2.